The second kappa shape index (κ2) is 5.43. The van der Waals surface area contributed by atoms with Crippen molar-refractivity contribution in [2.45, 2.75) is 26.8 Å². The van der Waals surface area contributed by atoms with Crippen molar-refractivity contribution in [1.82, 2.24) is 0 Å². The van der Waals surface area contributed by atoms with Gasteiger partial charge in [0.05, 0.1) is 6.04 Å². The molecule has 84 valence electrons. The van der Waals surface area contributed by atoms with Crippen LogP contribution in [0.2, 0.25) is 0 Å². The molecule has 0 aromatic heterocycles. The first-order chi connectivity index (χ1) is 7.56. The highest BCUT2D eigenvalue weighted by Gasteiger charge is 2.14. The van der Waals surface area contributed by atoms with Crippen molar-refractivity contribution in [3.63, 3.8) is 0 Å². The molecule has 1 aromatic rings. The van der Waals surface area contributed by atoms with Gasteiger partial charge in [-0.05, 0) is 30.0 Å². The van der Waals surface area contributed by atoms with Gasteiger partial charge in [0.25, 0.3) is 0 Å². The van der Waals surface area contributed by atoms with Crippen LogP contribution in [0.4, 0.5) is 0 Å². The molecule has 0 fully saturated rings. The van der Waals surface area contributed by atoms with Gasteiger partial charge in [0.15, 0.2) is 0 Å². The van der Waals surface area contributed by atoms with Crippen LogP contribution in [0.25, 0.3) is 5.57 Å². The van der Waals surface area contributed by atoms with Crippen molar-refractivity contribution in [2.24, 2.45) is 10.9 Å². The van der Waals surface area contributed by atoms with E-state index in [2.05, 4.69) is 11.6 Å². The molecule has 0 bridgehead atoms. The van der Waals surface area contributed by atoms with Crippen LogP contribution in [0, 0.1) is 5.92 Å². The lowest BCUT2D eigenvalue weighted by Crippen LogP contribution is -2.04. The van der Waals surface area contributed by atoms with Gasteiger partial charge in [0, 0.05) is 0 Å². The lowest BCUT2D eigenvalue weighted by Gasteiger charge is -2.15. The normalized spacial score (nSPS) is 12.0. The smallest absolute Gasteiger partial charge is 0.211 e. The van der Waals surface area contributed by atoms with E-state index in [1.54, 1.807) is 6.08 Å². The van der Waals surface area contributed by atoms with E-state index in [0.717, 1.165) is 16.7 Å². The van der Waals surface area contributed by atoms with Gasteiger partial charge in [-0.3, -0.25) is 0 Å². The topological polar surface area (TPSA) is 29.4 Å². The van der Waals surface area contributed by atoms with Crippen LogP contribution in [0.15, 0.2) is 35.8 Å². The van der Waals surface area contributed by atoms with Crippen LogP contribution < -0.4 is 0 Å². The minimum atomic E-state index is -0.114. The maximum Gasteiger partial charge on any atom is 0.235 e. The molecule has 0 saturated carbocycles. The van der Waals surface area contributed by atoms with E-state index in [4.69, 9.17) is 0 Å². The zero-order valence-electron chi connectivity index (χ0n) is 10.0. The van der Waals surface area contributed by atoms with Gasteiger partial charge in [0.2, 0.25) is 6.08 Å². The Hall–Kier alpha value is -1.66. The second-order valence-corrected chi connectivity index (χ2v) is 4.32. The molecule has 0 radical (unpaired) electrons. The minimum Gasteiger partial charge on any atom is -0.211 e. The summed E-state index contributed by atoms with van der Waals surface area (Å²) in [5.41, 5.74) is 3.14. The molecule has 2 heteroatoms. The lowest BCUT2D eigenvalue weighted by molar-refractivity contribution is 0.502. The molecule has 16 heavy (non-hydrogen) atoms. The van der Waals surface area contributed by atoms with Crippen molar-refractivity contribution in [2.75, 3.05) is 0 Å². The number of benzene rings is 1. The summed E-state index contributed by atoms with van der Waals surface area (Å²) >= 11 is 0. The molecular weight excluding hydrogens is 198 g/mol. The van der Waals surface area contributed by atoms with E-state index in [0.29, 0.717) is 0 Å². The number of nitrogens with zero attached hydrogens (tertiary/aromatic N) is 1. The van der Waals surface area contributed by atoms with Crippen molar-refractivity contribution < 1.29 is 4.79 Å². The lowest BCUT2D eigenvalue weighted by atomic mass is 9.94. The first-order valence-corrected chi connectivity index (χ1v) is 5.39. The van der Waals surface area contributed by atoms with Gasteiger partial charge in [-0.25, -0.2) is 4.79 Å². The molecule has 0 spiro atoms. The predicted octanol–water partition coefficient (Wildman–Crippen LogP) is 3.75. The summed E-state index contributed by atoms with van der Waals surface area (Å²) in [5, 5.41) is 0. The van der Waals surface area contributed by atoms with Crippen LogP contribution in [0.3, 0.4) is 0 Å². The molecule has 1 rings (SSSR count). The fourth-order valence-corrected chi connectivity index (χ4v) is 1.65. The van der Waals surface area contributed by atoms with E-state index in [1.165, 1.54) is 0 Å². The average Bonchev–Trinajstić information content (AvgIpc) is 2.25. The number of rotatable bonds is 4. The SMILES string of the molecule is C=C(C)c1cccc(C(N=C=O)C(C)C)c1. The van der Waals surface area contributed by atoms with Crippen molar-refractivity contribution in [1.29, 1.82) is 0 Å². The highest BCUT2D eigenvalue weighted by molar-refractivity contribution is 5.62. The predicted molar refractivity (Wildman–Crippen MR) is 66.9 cm³/mol. The van der Waals surface area contributed by atoms with Crippen LogP contribution >= 0.6 is 0 Å². The first-order valence-electron chi connectivity index (χ1n) is 5.39. The summed E-state index contributed by atoms with van der Waals surface area (Å²) in [6.07, 6.45) is 1.65. The molecule has 0 N–H and O–H groups in total. The number of allylic oxidation sites excluding steroid dienone is 1. The van der Waals surface area contributed by atoms with E-state index >= 15 is 0 Å². The van der Waals surface area contributed by atoms with Crippen molar-refractivity contribution in [3.05, 3.63) is 42.0 Å². The Labute approximate surface area is 96.7 Å². The van der Waals surface area contributed by atoms with Gasteiger partial charge >= 0.3 is 0 Å². The molecule has 1 aromatic carbocycles. The Morgan fingerprint density at radius 1 is 1.44 bits per heavy atom. The number of isocyanates is 1. The van der Waals surface area contributed by atoms with E-state index in [-0.39, 0.29) is 12.0 Å². The van der Waals surface area contributed by atoms with Crippen molar-refractivity contribution in [3.8, 4) is 0 Å². The fraction of sp³-hybridized carbons (Fsp3) is 0.357. The van der Waals surface area contributed by atoms with Crippen LogP contribution in [-0.2, 0) is 4.79 Å². The fourth-order valence-electron chi connectivity index (χ4n) is 1.65. The molecular formula is C14H17NO. The molecule has 0 saturated heterocycles. The van der Waals surface area contributed by atoms with Gasteiger partial charge < -0.3 is 0 Å². The monoisotopic (exact) mass is 215 g/mol. The minimum absolute atomic E-state index is 0.114. The third-order valence-corrected chi connectivity index (χ3v) is 2.54. The number of hydrogen-bond donors (Lipinski definition) is 0. The molecule has 1 unspecified atom stereocenters. The zero-order chi connectivity index (χ0) is 12.1. The Morgan fingerprint density at radius 3 is 2.62 bits per heavy atom. The summed E-state index contributed by atoms with van der Waals surface area (Å²) in [4.78, 5) is 14.3. The summed E-state index contributed by atoms with van der Waals surface area (Å²) < 4.78 is 0. The summed E-state index contributed by atoms with van der Waals surface area (Å²) in [7, 11) is 0. The third-order valence-electron chi connectivity index (χ3n) is 2.54. The van der Waals surface area contributed by atoms with Crippen LogP contribution in [0.5, 0.6) is 0 Å². The molecule has 0 aliphatic carbocycles. The third kappa shape index (κ3) is 2.91. The van der Waals surface area contributed by atoms with Gasteiger partial charge in [-0.2, -0.15) is 4.99 Å². The highest BCUT2D eigenvalue weighted by atomic mass is 16.1. The summed E-state index contributed by atoms with van der Waals surface area (Å²) in [5.74, 6) is 0.279. The standard InChI is InChI=1S/C14H17NO/c1-10(2)12-6-5-7-13(8-12)14(11(3)4)15-9-16/h5-8,11,14H,1H2,2-4H3. The maximum atomic E-state index is 10.4. The molecule has 0 aliphatic heterocycles. The summed E-state index contributed by atoms with van der Waals surface area (Å²) in [6.45, 7) is 9.95. The first kappa shape index (κ1) is 12.4. The Kier molecular flexibility index (Phi) is 4.21. The van der Waals surface area contributed by atoms with Crippen molar-refractivity contribution >= 4 is 11.7 Å². The quantitative estimate of drug-likeness (QED) is 0.555. The molecule has 2 nitrogen and oxygen atoms in total. The van der Waals surface area contributed by atoms with E-state index in [1.807, 2.05) is 45.0 Å². The number of carbonyl (C=O) groups excluding carboxylic acids is 1. The molecule has 0 aliphatic rings. The zero-order valence-corrected chi connectivity index (χ0v) is 10.0. The molecule has 1 atom stereocenters. The van der Waals surface area contributed by atoms with Gasteiger partial charge in [0.1, 0.15) is 0 Å². The van der Waals surface area contributed by atoms with Crippen LogP contribution in [-0.4, -0.2) is 6.08 Å². The number of hydrogen-bond acceptors (Lipinski definition) is 2. The molecule has 0 amide bonds. The Balaban J connectivity index is 3.14. The summed E-state index contributed by atoms with van der Waals surface area (Å²) in [6, 6.07) is 7.88. The van der Waals surface area contributed by atoms with Gasteiger partial charge in [-0.15, -0.1) is 0 Å². The van der Waals surface area contributed by atoms with Crippen LogP contribution in [0.1, 0.15) is 37.9 Å². The highest BCUT2D eigenvalue weighted by Crippen LogP contribution is 2.27. The Bertz CT molecular complexity index is 428. The largest absolute Gasteiger partial charge is 0.235 e. The maximum absolute atomic E-state index is 10.4. The molecule has 0 heterocycles. The van der Waals surface area contributed by atoms with Gasteiger partial charge in [-0.1, -0.05) is 44.2 Å². The average molecular weight is 215 g/mol. The van der Waals surface area contributed by atoms with E-state index in [9.17, 15) is 4.79 Å². The second-order valence-electron chi connectivity index (χ2n) is 4.32. The number of aliphatic imine (C=N–C) groups is 1. The Morgan fingerprint density at radius 2 is 2.12 bits per heavy atom. The van der Waals surface area contributed by atoms with E-state index < -0.39 is 0 Å².